The van der Waals surface area contributed by atoms with Gasteiger partial charge >= 0.3 is 6.09 Å². The van der Waals surface area contributed by atoms with Gasteiger partial charge in [0.1, 0.15) is 0 Å². The Morgan fingerprint density at radius 1 is 1.18 bits per heavy atom. The summed E-state index contributed by atoms with van der Waals surface area (Å²) in [4.78, 5) is 22.1. The number of hydrogen-bond donors (Lipinski definition) is 2. The van der Waals surface area contributed by atoms with Crippen molar-refractivity contribution in [3.63, 3.8) is 0 Å². The number of benzene rings is 1. The molecule has 2 amide bonds. The second-order valence-electron chi connectivity index (χ2n) is 3.18. The maximum absolute atomic E-state index is 11.2. The molecule has 1 rings (SSSR count). The van der Waals surface area contributed by atoms with E-state index in [4.69, 9.17) is 11.6 Å². The second-order valence-corrected chi connectivity index (χ2v) is 3.56. The summed E-state index contributed by atoms with van der Waals surface area (Å²) in [7, 11) is 1.29. The Labute approximate surface area is 104 Å². The van der Waals surface area contributed by atoms with Gasteiger partial charge < -0.3 is 10.1 Å². The molecule has 0 heterocycles. The minimum atomic E-state index is -0.538. The first kappa shape index (κ1) is 13.3. The summed E-state index contributed by atoms with van der Waals surface area (Å²) in [6, 6.07) is 6.68. The van der Waals surface area contributed by atoms with E-state index < -0.39 is 6.09 Å². The molecule has 0 saturated carbocycles. The van der Waals surface area contributed by atoms with Gasteiger partial charge in [0, 0.05) is 23.7 Å². The van der Waals surface area contributed by atoms with Crippen LogP contribution >= 0.6 is 11.6 Å². The molecule has 1 aromatic carbocycles. The third-order valence-corrected chi connectivity index (χ3v) is 2.11. The summed E-state index contributed by atoms with van der Waals surface area (Å²) < 4.78 is 4.45. The quantitative estimate of drug-likeness (QED) is 0.813. The van der Waals surface area contributed by atoms with Crippen LogP contribution in [0.2, 0.25) is 0 Å². The van der Waals surface area contributed by atoms with Gasteiger partial charge in [-0.25, -0.2) is 4.79 Å². The number of halogens is 1. The zero-order chi connectivity index (χ0) is 12.7. The highest BCUT2D eigenvalue weighted by Crippen LogP contribution is 2.13. The fourth-order valence-electron chi connectivity index (χ4n) is 1.12. The van der Waals surface area contributed by atoms with Crippen molar-refractivity contribution in [3.8, 4) is 0 Å². The van der Waals surface area contributed by atoms with Crippen LogP contribution in [0.25, 0.3) is 0 Å². The number of ether oxygens (including phenoxy) is 1. The summed E-state index contributed by atoms with van der Waals surface area (Å²) in [5.41, 5.74) is 1.24. The molecule has 0 aliphatic carbocycles. The molecular formula is C11H13ClN2O3. The van der Waals surface area contributed by atoms with Crippen LogP contribution in [0, 0.1) is 0 Å². The Kier molecular flexibility index (Phi) is 5.29. The summed E-state index contributed by atoms with van der Waals surface area (Å²) in [6.07, 6.45) is -0.270. The van der Waals surface area contributed by atoms with Gasteiger partial charge in [-0.1, -0.05) is 0 Å². The summed E-state index contributed by atoms with van der Waals surface area (Å²) >= 11 is 5.44. The lowest BCUT2D eigenvalue weighted by atomic mass is 10.2. The number of carbonyl (C=O) groups is 2. The van der Waals surface area contributed by atoms with E-state index in [-0.39, 0.29) is 18.2 Å². The zero-order valence-corrected chi connectivity index (χ0v) is 10.1. The average Bonchev–Trinajstić information content (AvgIpc) is 2.32. The number of anilines is 2. The fraction of sp³-hybridized carbons (Fsp3) is 0.273. The van der Waals surface area contributed by atoms with Gasteiger partial charge in [-0.3, -0.25) is 10.1 Å². The first-order valence-electron chi connectivity index (χ1n) is 4.96. The Balaban J connectivity index is 2.55. The monoisotopic (exact) mass is 256 g/mol. The highest BCUT2D eigenvalue weighted by molar-refractivity contribution is 6.19. The van der Waals surface area contributed by atoms with Gasteiger partial charge in [0.2, 0.25) is 5.91 Å². The number of amides is 2. The molecule has 0 aliphatic heterocycles. The molecule has 6 heteroatoms. The number of carbonyl (C=O) groups excluding carboxylic acids is 2. The fourth-order valence-corrected chi connectivity index (χ4v) is 1.29. The molecule has 0 atom stereocenters. The lowest BCUT2D eigenvalue weighted by Crippen LogP contribution is -2.12. The maximum Gasteiger partial charge on any atom is 0.411 e. The molecule has 17 heavy (non-hydrogen) atoms. The molecule has 0 saturated heterocycles. The van der Waals surface area contributed by atoms with Crippen molar-refractivity contribution in [2.24, 2.45) is 0 Å². The van der Waals surface area contributed by atoms with Crippen LogP contribution in [-0.2, 0) is 9.53 Å². The van der Waals surface area contributed by atoms with Gasteiger partial charge in [-0.15, -0.1) is 11.6 Å². The second kappa shape index (κ2) is 6.75. The largest absolute Gasteiger partial charge is 0.453 e. The third kappa shape index (κ3) is 4.74. The lowest BCUT2D eigenvalue weighted by Gasteiger charge is -2.06. The molecule has 0 fully saturated rings. The van der Waals surface area contributed by atoms with E-state index in [1.54, 1.807) is 24.3 Å². The Morgan fingerprint density at radius 2 is 1.71 bits per heavy atom. The molecular weight excluding hydrogens is 244 g/mol. The normalized spacial score (nSPS) is 9.53. The minimum Gasteiger partial charge on any atom is -0.453 e. The van der Waals surface area contributed by atoms with E-state index >= 15 is 0 Å². The van der Waals surface area contributed by atoms with Crippen molar-refractivity contribution in [1.29, 1.82) is 0 Å². The van der Waals surface area contributed by atoms with E-state index in [1.165, 1.54) is 7.11 Å². The first-order chi connectivity index (χ1) is 8.15. The van der Waals surface area contributed by atoms with Crippen molar-refractivity contribution in [2.75, 3.05) is 23.6 Å². The van der Waals surface area contributed by atoms with Gasteiger partial charge in [0.05, 0.1) is 7.11 Å². The lowest BCUT2D eigenvalue weighted by molar-refractivity contribution is -0.115. The van der Waals surface area contributed by atoms with E-state index in [0.717, 1.165) is 0 Å². The van der Waals surface area contributed by atoms with Crippen molar-refractivity contribution < 1.29 is 14.3 Å². The maximum atomic E-state index is 11.2. The third-order valence-electron chi connectivity index (χ3n) is 1.92. The highest BCUT2D eigenvalue weighted by Gasteiger charge is 2.02. The standard InChI is InChI=1S/C11H13ClN2O3/c1-17-11(16)14-9-4-2-8(3-5-9)13-10(15)6-7-12/h2-5H,6-7H2,1H3,(H,13,15)(H,14,16). The molecule has 2 N–H and O–H groups in total. The molecule has 0 radical (unpaired) electrons. The van der Waals surface area contributed by atoms with Crippen LogP contribution in [-0.4, -0.2) is 25.0 Å². The van der Waals surface area contributed by atoms with Crippen LogP contribution in [0.1, 0.15) is 6.42 Å². The van der Waals surface area contributed by atoms with Gasteiger partial charge in [0.25, 0.3) is 0 Å². The minimum absolute atomic E-state index is 0.145. The molecule has 0 spiro atoms. The SMILES string of the molecule is COC(=O)Nc1ccc(NC(=O)CCCl)cc1. The number of rotatable bonds is 4. The number of methoxy groups -OCH3 is 1. The summed E-state index contributed by atoms with van der Waals surface area (Å²) in [5.74, 6) is 0.141. The average molecular weight is 257 g/mol. The number of alkyl halides is 1. The van der Waals surface area contributed by atoms with Crippen LogP contribution in [0.4, 0.5) is 16.2 Å². The van der Waals surface area contributed by atoms with E-state index in [2.05, 4.69) is 15.4 Å². The smallest absolute Gasteiger partial charge is 0.411 e. The van der Waals surface area contributed by atoms with Gasteiger partial charge in [0.15, 0.2) is 0 Å². The molecule has 92 valence electrons. The van der Waals surface area contributed by atoms with Crippen LogP contribution in [0.5, 0.6) is 0 Å². The molecule has 0 unspecified atom stereocenters. The van der Waals surface area contributed by atoms with Crippen molar-refractivity contribution in [1.82, 2.24) is 0 Å². The number of nitrogens with one attached hydrogen (secondary N) is 2. The van der Waals surface area contributed by atoms with Crippen LogP contribution in [0.3, 0.4) is 0 Å². The summed E-state index contributed by atoms with van der Waals surface area (Å²) in [6.45, 7) is 0. The Morgan fingerprint density at radius 3 is 2.18 bits per heavy atom. The first-order valence-corrected chi connectivity index (χ1v) is 5.50. The predicted octanol–water partition coefficient (Wildman–Crippen LogP) is 2.43. The summed E-state index contributed by atoms with van der Waals surface area (Å²) in [5, 5.41) is 5.17. The Hall–Kier alpha value is -1.75. The topological polar surface area (TPSA) is 67.4 Å². The molecule has 1 aromatic rings. The Bertz CT molecular complexity index is 392. The molecule has 0 aliphatic rings. The van der Waals surface area contributed by atoms with Crippen LogP contribution in [0.15, 0.2) is 24.3 Å². The van der Waals surface area contributed by atoms with Gasteiger partial charge in [-0.05, 0) is 24.3 Å². The molecule has 5 nitrogen and oxygen atoms in total. The van der Waals surface area contributed by atoms with E-state index in [9.17, 15) is 9.59 Å². The van der Waals surface area contributed by atoms with Gasteiger partial charge in [-0.2, -0.15) is 0 Å². The van der Waals surface area contributed by atoms with Crippen molar-refractivity contribution in [3.05, 3.63) is 24.3 Å². The van der Waals surface area contributed by atoms with E-state index in [1.807, 2.05) is 0 Å². The zero-order valence-electron chi connectivity index (χ0n) is 9.33. The van der Waals surface area contributed by atoms with Crippen molar-refractivity contribution >= 4 is 35.0 Å². The van der Waals surface area contributed by atoms with E-state index in [0.29, 0.717) is 11.4 Å². The predicted molar refractivity (Wildman–Crippen MR) is 66.4 cm³/mol. The van der Waals surface area contributed by atoms with Crippen molar-refractivity contribution in [2.45, 2.75) is 6.42 Å². The molecule has 0 bridgehead atoms. The highest BCUT2D eigenvalue weighted by atomic mass is 35.5. The number of hydrogen-bond acceptors (Lipinski definition) is 3. The van der Waals surface area contributed by atoms with Crippen LogP contribution < -0.4 is 10.6 Å². The molecule has 0 aromatic heterocycles.